The first kappa shape index (κ1) is 11.0. The van der Waals surface area contributed by atoms with E-state index in [2.05, 4.69) is 33.0 Å². The van der Waals surface area contributed by atoms with E-state index >= 15 is 0 Å². The molecule has 0 saturated carbocycles. The number of rotatable bonds is 5. The zero-order valence-corrected chi connectivity index (χ0v) is 8.70. The predicted molar refractivity (Wildman–Crippen MR) is 51.8 cm³/mol. The molecule has 1 N–H and O–H groups in total. The molecule has 1 heteroatoms. The fraction of sp³-hybridized carbons (Fsp3) is 1.00. The van der Waals surface area contributed by atoms with Gasteiger partial charge in [-0.1, -0.05) is 27.7 Å². The molecule has 0 saturated heterocycles. The first-order valence-corrected chi connectivity index (χ1v) is 4.65. The summed E-state index contributed by atoms with van der Waals surface area (Å²) >= 11 is 0. The molecule has 0 unspecified atom stereocenters. The van der Waals surface area contributed by atoms with Crippen molar-refractivity contribution in [1.82, 2.24) is 5.32 Å². The normalized spacial score (nSPS) is 12.5. The van der Waals surface area contributed by atoms with Gasteiger partial charge in [-0.3, -0.25) is 0 Å². The van der Waals surface area contributed by atoms with Crippen molar-refractivity contribution in [2.24, 2.45) is 11.3 Å². The fourth-order valence-electron chi connectivity index (χ4n) is 1.01. The second-order valence-corrected chi connectivity index (χ2v) is 4.35. The van der Waals surface area contributed by atoms with Crippen LogP contribution in [-0.2, 0) is 0 Å². The van der Waals surface area contributed by atoms with Gasteiger partial charge in [0.1, 0.15) is 0 Å². The summed E-state index contributed by atoms with van der Waals surface area (Å²) in [5, 5.41) is 3.18. The standard InChI is InChI=1S/C10H23N/c1-9(2)10(3,4)7-6-8-11-5/h9,11H,6-8H2,1-5H3. The van der Waals surface area contributed by atoms with Gasteiger partial charge in [0.15, 0.2) is 0 Å². The minimum Gasteiger partial charge on any atom is -0.320 e. The summed E-state index contributed by atoms with van der Waals surface area (Å²) in [6, 6.07) is 0. The van der Waals surface area contributed by atoms with Crippen LogP contribution < -0.4 is 5.32 Å². The SMILES string of the molecule is CNCCCC(C)(C)C(C)C. The van der Waals surface area contributed by atoms with Crippen molar-refractivity contribution >= 4 is 0 Å². The van der Waals surface area contributed by atoms with E-state index in [1.165, 1.54) is 12.8 Å². The van der Waals surface area contributed by atoms with Gasteiger partial charge in [-0.2, -0.15) is 0 Å². The van der Waals surface area contributed by atoms with Crippen LogP contribution in [0.15, 0.2) is 0 Å². The Balaban J connectivity index is 3.55. The van der Waals surface area contributed by atoms with Gasteiger partial charge in [0.05, 0.1) is 0 Å². The molecule has 0 aromatic heterocycles. The lowest BCUT2D eigenvalue weighted by Gasteiger charge is -2.29. The second-order valence-electron chi connectivity index (χ2n) is 4.35. The summed E-state index contributed by atoms with van der Waals surface area (Å²) in [5.74, 6) is 0.791. The molecule has 0 aliphatic carbocycles. The second kappa shape index (κ2) is 4.76. The summed E-state index contributed by atoms with van der Waals surface area (Å²) in [7, 11) is 2.02. The molecule has 11 heavy (non-hydrogen) atoms. The molecule has 68 valence electrons. The first-order valence-electron chi connectivity index (χ1n) is 4.65. The van der Waals surface area contributed by atoms with Crippen LogP contribution in [0.1, 0.15) is 40.5 Å². The maximum Gasteiger partial charge on any atom is -0.00517 e. The number of nitrogens with one attached hydrogen (secondary N) is 1. The first-order chi connectivity index (χ1) is 5.00. The van der Waals surface area contributed by atoms with Crippen molar-refractivity contribution in [2.75, 3.05) is 13.6 Å². The van der Waals surface area contributed by atoms with Crippen LogP contribution in [0, 0.1) is 11.3 Å². The highest BCUT2D eigenvalue weighted by atomic mass is 14.8. The highest BCUT2D eigenvalue weighted by Gasteiger charge is 2.20. The quantitative estimate of drug-likeness (QED) is 0.605. The van der Waals surface area contributed by atoms with Crippen molar-refractivity contribution < 1.29 is 0 Å². The number of hydrogen-bond acceptors (Lipinski definition) is 1. The Morgan fingerprint density at radius 2 is 1.82 bits per heavy atom. The van der Waals surface area contributed by atoms with E-state index in [0.29, 0.717) is 5.41 Å². The van der Waals surface area contributed by atoms with Crippen molar-refractivity contribution in [3.05, 3.63) is 0 Å². The van der Waals surface area contributed by atoms with Gasteiger partial charge in [-0.25, -0.2) is 0 Å². The van der Waals surface area contributed by atoms with E-state index in [4.69, 9.17) is 0 Å². The van der Waals surface area contributed by atoms with Crippen LogP contribution >= 0.6 is 0 Å². The maximum absolute atomic E-state index is 3.18. The molecule has 0 spiro atoms. The van der Waals surface area contributed by atoms with Crippen LogP contribution in [-0.4, -0.2) is 13.6 Å². The highest BCUT2D eigenvalue weighted by Crippen LogP contribution is 2.30. The van der Waals surface area contributed by atoms with Gasteiger partial charge in [-0.05, 0) is 37.8 Å². The largest absolute Gasteiger partial charge is 0.320 e. The maximum atomic E-state index is 3.18. The van der Waals surface area contributed by atoms with Gasteiger partial charge < -0.3 is 5.32 Å². The molecule has 0 aromatic carbocycles. The van der Waals surface area contributed by atoms with Crippen molar-refractivity contribution in [3.8, 4) is 0 Å². The van der Waals surface area contributed by atoms with Crippen LogP contribution in [0.2, 0.25) is 0 Å². The lowest BCUT2D eigenvalue weighted by atomic mass is 9.77. The van der Waals surface area contributed by atoms with Crippen LogP contribution in [0.25, 0.3) is 0 Å². The molecule has 0 heterocycles. The predicted octanol–water partition coefficient (Wildman–Crippen LogP) is 2.67. The molecule has 0 fully saturated rings. The topological polar surface area (TPSA) is 12.0 Å². The summed E-state index contributed by atoms with van der Waals surface area (Å²) < 4.78 is 0. The van der Waals surface area contributed by atoms with Crippen LogP contribution in [0.5, 0.6) is 0 Å². The molecule has 0 bridgehead atoms. The average Bonchev–Trinajstić information content (AvgIpc) is 1.88. The fourth-order valence-corrected chi connectivity index (χ4v) is 1.01. The molecule has 0 aliphatic heterocycles. The Morgan fingerprint density at radius 1 is 1.27 bits per heavy atom. The lowest BCUT2D eigenvalue weighted by molar-refractivity contribution is 0.223. The Bertz CT molecular complexity index is 95.0. The molecular weight excluding hydrogens is 134 g/mol. The third-order valence-corrected chi connectivity index (χ3v) is 2.81. The Labute approximate surface area is 71.6 Å². The molecular formula is C10H23N. The summed E-state index contributed by atoms with van der Waals surface area (Å²) in [4.78, 5) is 0. The van der Waals surface area contributed by atoms with E-state index in [0.717, 1.165) is 12.5 Å². The molecule has 0 aliphatic rings. The van der Waals surface area contributed by atoms with Crippen LogP contribution in [0.4, 0.5) is 0 Å². The molecule has 1 nitrogen and oxygen atoms in total. The van der Waals surface area contributed by atoms with Crippen molar-refractivity contribution in [3.63, 3.8) is 0 Å². The van der Waals surface area contributed by atoms with Gasteiger partial charge in [0, 0.05) is 0 Å². The Kier molecular flexibility index (Phi) is 4.74. The zero-order chi connectivity index (χ0) is 8.91. The smallest absolute Gasteiger partial charge is 0.00517 e. The summed E-state index contributed by atoms with van der Waals surface area (Å²) in [5.41, 5.74) is 0.511. The van der Waals surface area contributed by atoms with E-state index in [1.54, 1.807) is 0 Å². The molecule has 0 radical (unpaired) electrons. The molecule has 0 rings (SSSR count). The number of hydrogen-bond donors (Lipinski definition) is 1. The van der Waals surface area contributed by atoms with Gasteiger partial charge in [-0.15, -0.1) is 0 Å². The van der Waals surface area contributed by atoms with Gasteiger partial charge in [0.25, 0.3) is 0 Å². The van der Waals surface area contributed by atoms with Crippen molar-refractivity contribution in [1.29, 1.82) is 0 Å². The zero-order valence-electron chi connectivity index (χ0n) is 8.70. The minimum atomic E-state index is 0.511. The van der Waals surface area contributed by atoms with Crippen molar-refractivity contribution in [2.45, 2.75) is 40.5 Å². The van der Waals surface area contributed by atoms with Crippen LogP contribution in [0.3, 0.4) is 0 Å². The molecule has 0 atom stereocenters. The minimum absolute atomic E-state index is 0.511. The summed E-state index contributed by atoms with van der Waals surface area (Å²) in [6.07, 6.45) is 2.62. The lowest BCUT2D eigenvalue weighted by Crippen LogP contribution is -2.21. The third-order valence-electron chi connectivity index (χ3n) is 2.81. The monoisotopic (exact) mass is 157 g/mol. The van der Waals surface area contributed by atoms with E-state index in [9.17, 15) is 0 Å². The van der Waals surface area contributed by atoms with E-state index < -0.39 is 0 Å². The Morgan fingerprint density at radius 3 is 2.18 bits per heavy atom. The highest BCUT2D eigenvalue weighted by molar-refractivity contribution is 4.72. The van der Waals surface area contributed by atoms with E-state index in [1.807, 2.05) is 7.05 Å². The van der Waals surface area contributed by atoms with E-state index in [-0.39, 0.29) is 0 Å². The summed E-state index contributed by atoms with van der Waals surface area (Å²) in [6.45, 7) is 10.5. The Hall–Kier alpha value is -0.0400. The van der Waals surface area contributed by atoms with Gasteiger partial charge in [0.2, 0.25) is 0 Å². The molecule has 0 aromatic rings. The average molecular weight is 157 g/mol. The molecule has 0 amide bonds. The van der Waals surface area contributed by atoms with Gasteiger partial charge >= 0.3 is 0 Å². The third kappa shape index (κ3) is 4.41.